The van der Waals surface area contributed by atoms with Crippen LogP contribution in [0.3, 0.4) is 0 Å². The second-order valence-electron chi connectivity index (χ2n) is 5.24. The van der Waals surface area contributed by atoms with Gasteiger partial charge in [-0.3, -0.25) is 4.79 Å². The molecule has 0 spiro atoms. The van der Waals surface area contributed by atoms with Crippen molar-refractivity contribution < 1.29 is 13.9 Å². The molecule has 0 saturated heterocycles. The average Bonchev–Trinajstić information content (AvgIpc) is 3.02. The smallest absolute Gasteiger partial charge is 0.254 e. The molecule has 0 aliphatic rings. The number of benzene rings is 2. The summed E-state index contributed by atoms with van der Waals surface area (Å²) in [5, 5.41) is 8.02. The van der Waals surface area contributed by atoms with E-state index in [0.29, 0.717) is 23.1 Å². The largest absolute Gasteiger partial charge is 0.484 e. The van der Waals surface area contributed by atoms with Gasteiger partial charge in [-0.05, 0) is 38.1 Å². The van der Waals surface area contributed by atoms with Crippen LogP contribution in [0.25, 0.3) is 11.5 Å². The first-order chi connectivity index (χ1) is 11.1. The molecule has 0 bridgehead atoms. The molecule has 0 aliphatic heterocycles. The van der Waals surface area contributed by atoms with E-state index in [1.807, 2.05) is 31.2 Å². The lowest BCUT2D eigenvalue weighted by molar-refractivity contribution is 0.101. The standard InChI is InChI=1S/C18H16N2O3/c1-12-5-3-7-15(9-12)18-20-19-17(23-18)11-22-16-8-4-6-14(10-16)13(2)21/h3-10H,11H2,1-2H3. The van der Waals surface area contributed by atoms with Gasteiger partial charge in [-0.2, -0.15) is 0 Å². The molecule has 3 aromatic rings. The van der Waals surface area contributed by atoms with Crippen molar-refractivity contribution in [2.75, 3.05) is 0 Å². The normalized spacial score (nSPS) is 10.5. The number of aromatic nitrogens is 2. The Balaban J connectivity index is 1.70. The van der Waals surface area contributed by atoms with Crippen molar-refractivity contribution in [3.05, 3.63) is 65.5 Å². The van der Waals surface area contributed by atoms with Crippen molar-refractivity contribution in [3.8, 4) is 17.2 Å². The number of Topliss-reactive ketones (excluding diaryl/α,β-unsaturated/α-hetero) is 1. The predicted octanol–water partition coefficient (Wildman–Crippen LogP) is 3.83. The number of hydrogen-bond acceptors (Lipinski definition) is 5. The van der Waals surface area contributed by atoms with Gasteiger partial charge in [0.05, 0.1) is 0 Å². The molecule has 5 heteroatoms. The van der Waals surface area contributed by atoms with Gasteiger partial charge < -0.3 is 9.15 Å². The summed E-state index contributed by atoms with van der Waals surface area (Å²) in [6.45, 7) is 3.68. The van der Waals surface area contributed by atoms with Crippen LogP contribution in [0.5, 0.6) is 5.75 Å². The summed E-state index contributed by atoms with van der Waals surface area (Å²) in [7, 11) is 0. The molecule has 0 atom stereocenters. The Morgan fingerprint density at radius 2 is 1.96 bits per heavy atom. The highest BCUT2D eigenvalue weighted by molar-refractivity contribution is 5.94. The molecule has 0 radical (unpaired) electrons. The van der Waals surface area contributed by atoms with Gasteiger partial charge in [0, 0.05) is 11.1 Å². The minimum Gasteiger partial charge on any atom is -0.484 e. The molecular formula is C18H16N2O3. The molecule has 0 fully saturated rings. The van der Waals surface area contributed by atoms with Crippen molar-refractivity contribution in [1.29, 1.82) is 0 Å². The maximum Gasteiger partial charge on any atom is 0.254 e. The topological polar surface area (TPSA) is 65.2 Å². The second kappa shape index (κ2) is 6.44. The molecular weight excluding hydrogens is 292 g/mol. The van der Waals surface area contributed by atoms with Crippen molar-refractivity contribution in [2.45, 2.75) is 20.5 Å². The molecule has 1 heterocycles. The van der Waals surface area contributed by atoms with Gasteiger partial charge >= 0.3 is 0 Å². The third-order valence-electron chi connectivity index (χ3n) is 3.33. The number of hydrogen-bond donors (Lipinski definition) is 0. The van der Waals surface area contributed by atoms with Crippen LogP contribution >= 0.6 is 0 Å². The molecule has 23 heavy (non-hydrogen) atoms. The summed E-state index contributed by atoms with van der Waals surface area (Å²) in [4.78, 5) is 11.4. The summed E-state index contributed by atoms with van der Waals surface area (Å²) in [6.07, 6.45) is 0. The van der Waals surface area contributed by atoms with Crippen molar-refractivity contribution in [2.24, 2.45) is 0 Å². The fourth-order valence-electron chi connectivity index (χ4n) is 2.16. The van der Waals surface area contributed by atoms with Crippen molar-refractivity contribution in [3.63, 3.8) is 0 Å². The van der Waals surface area contributed by atoms with Gasteiger partial charge in [-0.25, -0.2) is 0 Å². The molecule has 0 unspecified atom stereocenters. The number of carbonyl (C=O) groups is 1. The lowest BCUT2D eigenvalue weighted by Crippen LogP contribution is -1.98. The van der Waals surface area contributed by atoms with E-state index in [1.165, 1.54) is 6.92 Å². The van der Waals surface area contributed by atoms with E-state index in [9.17, 15) is 4.79 Å². The molecule has 0 amide bonds. The maximum absolute atomic E-state index is 11.4. The van der Waals surface area contributed by atoms with Gasteiger partial charge in [-0.1, -0.05) is 29.8 Å². The molecule has 1 aromatic heterocycles. The van der Waals surface area contributed by atoms with Gasteiger partial charge in [0.1, 0.15) is 5.75 Å². The Morgan fingerprint density at radius 3 is 2.74 bits per heavy atom. The van der Waals surface area contributed by atoms with E-state index in [0.717, 1.165) is 11.1 Å². The minimum absolute atomic E-state index is 0.00465. The fourth-order valence-corrected chi connectivity index (χ4v) is 2.16. The third kappa shape index (κ3) is 3.63. The van der Waals surface area contributed by atoms with Crippen LogP contribution in [0.15, 0.2) is 52.9 Å². The number of rotatable bonds is 5. The fraction of sp³-hybridized carbons (Fsp3) is 0.167. The van der Waals surface area contributed by atoms with E-state index in [-0.39, 0.29) is 12.4 Å². The van der Waals surface area contributed by atoms with Crippen LogP contribution in [0, 0.1) is 6.92 Å². The molecule has 0 aliphatic carbocycles. The molecule has 5 nitrogen and oxygen atoms in total. The molecule has 0 saturated carbocycles. The first kappa shape index (κ1) is 15.0. The number of carbonyl (C=O) groups excluding carboxylic acids is 1. The third-order valence-corrected chi connectivity index (χ3v) is 3.33. The van der Waals surface area contributed by atoms with E-state index in [4.69, 9.17) is 9.15 Å². The second-order valence-corrected chi connectivity index (χ2v) is 5.24. The van der Waals surface area contributed by atoms with Crippen molar-refractivity contribution >= 4 is 5.78 Å². The van der Waals surface area contributed by atoms with Crippen LogP contribution in [0.4, 0.5) is 0 Å². The summed E-state index contributed by atoms with van der Waals surface area (Å²) < 4.78 is 11.2. The van der Waals surface area contributed by atoms with E-state index < -0.39 is 0 Å². The van der Waals surface area contributed by atoms with Crippen LogP contribution in [-0.4, -0.2) is 16.0 Å². The monoisotopic (exact) mass is 308 g/mol. The highest BCUT2D eigenvalue weighted by Gasteiger charge is 2.09. The molecule has 0 N–H and O–H groups in total. The van der Waals surface area contributed by atoms with Gasteiger partial charge in [0.25, 0.3) is 5.89 Å². The summed E-state index contributed by atoms with van der Waals surface area (Å²) in [6, 6.07) is 14.8. The number of aryl methyl sites for hydroxylation is 1. The summed E-state index contributed by atoms with van der Waals surface area (Å²) in [5.74, 6) is 1.43. The zero-order valence-electron chi connectivity index (χ0n) is 12.9. The minimum atomic E-state index is -0.00465. The van der Waals surface area contributed by atoms with Gasteiger partial charge in [0.15, 0.2) is 12.4 Å². The van der Waals surface area contributed by atoms with E-state index in [2.05, 4.69) is 10.2 Å². The zero-order chi connectivity index (χ0) is 16.2. The summed E-state index contributed by atoms with van der Waals surface area (Å²) in [5.41, 5.74) is 2.61. The van der Waals surface area contributed by atoms with Crippen molar-refractivity contribution in [1.82, 2.24) is 10.2 Å². The van der Waals surface area contributed by atoms with Gasteiger partial charge in [0.2, 0.25) is 5.89 Å². The lowest BCUT2D eigenvalue weighted by Gasteiger charge is -2.04. The first-order valence-corrected chi connectivity index (χ1v) is 7.25. The molecule has 3 rings (SSSR count). The van der Waals surface area contributed by atoms with Crippen LogP contribution < -0.4 is 4.74 Å². The highest BCUT2D eigenvalue weighted by Crippen LogP contribution is 2.20. The Bertz CT molecular complexity index is 840. The molecule has 116 valence electrons. The lowest BCUT2D eigenvalue weighted by atomic mass is 10.1. The quantitative estimate of drug-likeness (QED) is 0.670. The van der Waals surface area contributed by atoms with Gasteiger partial charge in [-0.15, -0.1) is 10.2 Å². The number of ketones is 1. The van der Waals surface area contributed by atoms with Crippen LogP contribution in [0.2, 0.25) is 0 Å². The van der Waals surface area contributed by atoms with E-state index in [1.54, 1.807) is 24.3 Å². The molecule has 2 aromatic carbocycles. The SMILES string of the molecule is CC(=O)c1cccc(OCc2nnc(-c3cccc(C)c3)o2)c1. The number of ether oxygens (including phenoxy) is 1. The Labute approximate surface area is 133 Å². The highest BCUT2D eigenvalue weighted by atomic mass is 16.5. The van der Waals surface area contributed by atoms with Crippen LogP contribution in [-0.2, 0) is 6.61 Å². The van der Waals surface area contributed by atoms with E-state index >= 15 is 0 Å². The summed E-state index contributed by atoms with van der Waals surface area (Å²) >= 11 is 0. The maximum atomic E-state index is 11.4. The Hall–Kier alpha value is -2.95. The zero-order valence-corrected chi connectivity index (χ0v) is 12.9. The van der Waals surface area contributed by atoms with Crippen LogP contribution in [0.1, 0.15) is 28.7 Å². The average molecular weight is 308 g/mol. The number of nitrogens with zero attached hydrogens (tertiary/aromatic N) is 2. The predicted molar refractivity (Wildman–Crippen MR) is 85.2 cm³/mol. The Morgan fingerprint density at radius 1 is 1.13 bits per heavy atom. The Kier molecular flexibility index (Phi) is 4.19. The first-order valence-electron chi connectivity index (χ1n) is 7.25.